The Morgan fingerprint density at radius 1 is 1.24 bits per heavy atom. The summed E-state index contributed by atoms with van der Waals surface area (Å²) in [5, 5.41) is 9.01. The first kappa shape index (κ1) is 14.1. The molecule has 3 rings (SSSR count). The molecule has 5 nitrogen and oxygen atoms in total. The van der Waals surface area contributed by atoms with Gasteiger partial charge in [0.25, 0.3) is 0 Å². The lowest BCUT2D eigenvalue weighted by atomic mass is 9.92. The van der Waals surface area contributed by atoms with Crippen LogP contribution in [0, 0.1) is 0 Å². The smallest absolute Gasteiger partial charge is 0.304 e. The van der Waals surface area contributed by atoms with Crippen molar-refractivity contribution < 1.29 is 14.7 Å². The van der Waals surface area contributed by atoms with Crippen LogP contribution >= 0.6 is 0 Å². The van der Waals surface area contributed by atoms with E-state index in [4.69, 9.17) is 5.11 Å². The minimum absolute atomic E-state index is 0.114. The van der Waals surface area contributed by atoms with E-state index in [0.29, 0.717) is 13.1 Å². The Labute approximate surface area is 124 Å². The fourth-order valence-corrected chi connectivity index (χ4v) is 3.07. The molecule has 0 radical (unpaired) electrons. The van der Waals surface area contributed by atoms with Gasteiger partial charge in [0.05, 0.1) is 13.0 Å². The van der Waals surface area contributed by atoms with Crippen molar-refractivity contribution in [1.29, 1.82) is 0 Å². The number of likely N-dealkylation sites (N-methyl/N-ethyl adjacent to an activating group) is 1. The number of benzene rings is 1. The Morgan fingerprint density at radius 2 is 1.90 bits per heavy atom. The second-order valence-corrected chi connectivity index (χ2v) is 6.18. The maximum Gasteiger partial charge on any atom is 0.304 e. The molecular weight excluding hydrogens is 268 g/mol. The van der Waals surface area contributed by atoms with E-state index in [0.717, 1.165) is 30.6 Å². The largest absolute Gasteiger partial charge is 0.481 e. The first-order valence-corrected chi connectivity index (χ1v) is 7.31. The Kier molecular flexibility index (Phi) is 3.45. The Balaban J connectivity index is 1.76. The molecule has 112 valence electrons. The fourth-order valence-electron chi connectivity index (χ4n) is 3.07. The highest BCUT2D eigenvalue weighted by Gasteiger charge is 2.45. The number of carbonyl (C=O) groups is 2. The summed E-state index contributed by atoms with van der Waals surface area (Å²) in [6.07, 6.45) is 2.07. The van der Waals surface area contributed by atoms with Crippen LogP contribution in [0.1, 0.15) is 24.8 Å². The molecule has 2 aliphatic rings. The molecule has 1 N–H and O–H groups in total. The molecule has 0 atom stereocenters. The van der Waals surface area contributed by atoms with Gasteiger partial charge >= 0.3 is 5.97 Å². The van der Waals surface area contributed by atoms with Crippen LogP contribution in [0.4, 0.5) is 5.69 Å². The maximum atomic E-state index is 12.1. The number of hydrogen-bond acceptors (Lipinski definition) is 3. The highest BCUT2D eigenvalue weighted by molar-refractivity contribution is 5.95. The van der Waals surface area contributed by atoms with Crippen LogP contribution in [-0.4, -0.2) is 48.6 Å². The van der Waals surface area contributed by atoms with Gasteiger partial charge in [-0.15, -0.1) is 0 Å². The molecule has 1 aliphatic heterocycles. The van der Waals surface area contributed by atoms with Gasteiger partial charge in [0.2, 0.25) is 5.91 Å². The molecule has 0 aromatic heterocycles. The third-order valence-electron chi connectivity index (χ3n) is 4.55. The maximum absolute atomic E-state index is 12.1. The molecule has 1 heterocycles. The summed E-state index contributed by atoms with van der Waals surface area (Å²) in [6.45, 7) is 2.02. The number of piperazine rings is 1. The lowest BCUT2D eigenvalue weighted by Gasteiger charge is -2.32. The summed E-state index contributed by atoms with van der Waals surface area (Å²) in [7, 11) is 1.95. The normalized spacial score (nSPS) is 21.4. The topological polar surface area (TPSA) is 60.9 Å². The van der Waals surface area contributed by atoms with E-state index >= 15 is 0 Å². The van der Waals surface area contributed by atoms with Crippen LogP contribution < -0.4 is 4.90 Å². The summed E-state index contributed by atoms with van der Waals surface area (Å²) < 4.78 is 0. The van der Waals surface area contributed by atoms with Crippen molar-refractivity contribution in [2.24, 2.45) is 0 Å². The quantitative estimate of drug-likeness (QED) is 0.911. The Morgan fingerprint density at radius 3 is 2.43 bits per heavy atom. The molecule has 21 heavy (non-hydrogen) atoms. The van der Waals surface area contributed by atoms with Crippen LogP contribution in [0.5, 0.6) is 0 Å². The molecule has 1 amide bonds. The number of amides is 1. The first-order chi connectivity index (χ1) is 10.00. The van der Waals surface area contributed by atoms with E-state index in [2.05, 4.69) is 0 Å². The molecule has 1 aliphatic carbocycles. The summed E-state index contributed by atoms with van der Waals surface area (Å²) >= 11 is 0. The van der Waals surface area contributed by atoms with Gasteiger partial charge < -0.3 is 10.0 Å². The van der Waals surface area contributed by atoms with Gasteiger partial charge in [-0.25, -0.2) is 0 Å². The highest BCUT2D eigenvalue weighted by Crippen LogP contribution is 2.51. The lowest BCUT2D eigenvalue weighted by molar-refractivity contribution is -0.137. The summed E-state index contributed by atoms with van der Waals surface area (Å²) in [5.74, 6) is -0.631. The molecule has 0 unspecified atom stereocenters. The monoisotopic (exact) mass is 288 g/mol. The number of carboxylic acids is 1. The lowest BCUT2D eigenvalue weighted by Crippen LogP contribution is -2.48. The van der Waals surface area contributed by atoms with Crippen LogP contribution in [-0.2, 0) is 15.0 Å². The van der Waals surface area contributed by atoms with Crippen molar-refractivity contribution in [3.63, 3.8) is 0 Å². The predicted molar refractivity (Wildman–Crippen MR) is 79.5 cm³/mol. The van der Waals surface area contributed by atoms with Crippen LogP contribution in [0.2, 0.25) is 0 Å². The van der Waals surface area contributed by atoms with Gasteiger partial charge in [-0.3, -0.25) is 14.5 Å². The van der Waals surface area contributed by atoms with E-state index in [1.807, 2.05) is 36.2 Å². The van der Waals surface area contributed by atoms with Gasteiger partial charge in [0.1, 0.15) is 0 Å². The molecule has 1 aromatic rings. The zero-order valence-electron chi connectivity index (χ0n) is 12.2. The average molecular weight is 288 g/mol. The number of carbonyl (C=O) groups excluding carboxylic acids is 1. The highest BCUT2D eigenvalue weighted by atomic mass is 16.4. The van der Waals surface area contributed by atoms with Crippen LogP contribution in [0.15, 0.2) is 24.3 Å². The third kappa shape index (κ3) is 2.78. The number of rotatable bonds is 4. The van der Waals surface area contributed by atoms with E-state index in [1.165, 1.54) is 0 Å². The number of nitrogens with zero attached hydrogens (tertiary/aromatic N) is 2. The van der Waals surface area contributed by atoms with Crippen molar-refractivity contribution in [2.45, 2.75) is 24.7 Å². The molecule has 5 heteroatoms. The average Bonchev–Trinajstić information content (AvgIpc) is 3.19. The van der Waals surface area contributed by atoms with Crippen LogP contribution in [0.25, 0.3) is 0 Å². The Hall–Kier alpha value is -1.88. The molecule has 2 fully saturated rings. The Bertz CT molecular complexity index is 563. The molecular formula is C16H20N2O3. The van der Waals surface area contributed by atoms with Crippen molar-refractivity contribution in [2.75, 3.05) is 31.6 Å². The first-order valence-electron chi connectivity index (χ1n) is 7.31. The minimum atomic E-state index is -0.745. The van der Waals surface area contributed by atoms with E-state index in [-0.39, 0.29) is 17.7 Å². The van der Waals surface area contributed by atoms with Crippen molar-refractivity contribution in [3.8, 4) is 0 Å². The van der Waals surface area contributed by atoms with Gasteiger partial charge in [-0.05, 0) is 37.6 Å². The molecule has 1 saturated heterocycles. The zero-order chi connectivity index (χ0) is 15.0. The fraction of sp³-hybridized carbons (Fsp3) is 0.500. The van der Waals surface area contributed by atoms with E-state index < -0.39 is 5.97 Å². The van der Waals surface area contributed by atoms with Gasteiger partial charge in [-0.1, -0.05) is 12.1 Å². The molecule has 0 bridgehead atoms. The third-order valence-corrected chi connectivity index (χ3v) is 4.55. The molecule has 0 spiro atoms. The van der Waals surface area contributed by atoms with Gasteiger partial charge in [0.15, 0.2) is 0 Å². The van der Waals surface area contributed by atoms with E-state index in [1.54, 1.807) is 4.90 Å². The standard InChI is InChI=1S/C16H20N2O3/c1-17-8-9-18(14(19)11-17)13-4-2-12(3-5-13)16(6-7-16)10-15(20)21/h2-5H,6-11H2,1H3,(H,20,21). The number of aliphatic carboxylic acids is 1. The SMILES string of the molecule is CN1CCN(c2ccc(C3(CC(=O)O)CC3)cc2)C(=O)C1. The molecule has 1 saturated carbocycles. The zero-order valence-corrected chi connectivity index (χ0v) is 12.2. The van der Waals surface area contributed by atoms with E-state index in [9.17, 15) is 9.59 Å². The van der Waals surface area contributed by atoms with Crippen molar-refractivity contribution in [1.82, 2.24) is 4.90 Å². The number of carboxylic acid groups (broad SMARTS) is 1. The summed E-state index contributed by atoms with van der Waals surface area (Å²) in [6, 6.07) is 7.86. The van der Waals surface area contributed by atoms with Gasteiger partial charge in [-0.2, -0.15) is 0 Å². The van der Waals surface area contributed by atoms with Crippen molar-refractivity contribution >= 4 is 17.6 Å². The number of hydrogen-bond donors (Lipinski definition) is 1. The second-order valence-electron chi connectivity index (χ2n) is 6.18. The predicted octanol–water partition coefficient (Wildman–Crippen LogP) is 1.47. The van der Waals surface area contributed by atoms with Crippen LogP contribution in [0.3, 0.4) is 0 Å². The van der Waals surface area contributed by atoms with Crippen molar-refractivity contribution in [3.05, 3.63) is 29.8 Å². The molecule has 1 aromatic carbocycles. The minimum Gasteiger partial charge on any atom is -0.481 e. The summed E-state index contributed by atoms with van der Waals surface area (Å²) in [5.41, 5.74) is 1.81. The van der Waals surface area contributed by atoms with Gasteiger partial charge in [0, 0.05) is 24.2 Å². The second kappa shape index (κ2) is 5.15. The number of anilines is 1. The summed E-state index contributed by atoms with van der Waals surface area (Å²) in [4.78, 5) is 26.8.